The molecule has 7 heteroatoms. The van der Waals surface area contributed by atoms with Gasteiger partial charge >= 0.3 is 0 Å². The average molecular weight is 241 g/mol. The zero-order valence-electron chi connectivity index (χ0n) is 9.09. The lowest BCUT2D eigenvalue weighted by Gasteiger charge is -2.12. The third-order valence-corrected chi connectivity index (χ3v) is 2.14. The van der Waals surface area contributed by atoms with Crippen LogP contribution in [0.25, 0.3) is 0 Å². The Morgan fingerprint density at radius 3 is 2.61 bits per heavy atom. The van der Waals surface area contributed by atoms with E-state index in [0.29, 0.717) is 5.01 Å². The average Bonchev–Trinajstić information content (AvgIpc) is 2.40. The van der Waals surface area contributed by atoms with Crippen molar-refractivity contribution in [3.63, 3.8) is 0 Å². The van der Waals surface area contributed by atoms with Crippen LogP contribution >= 0.6 is 0 Å². The molecule has 0 fully saturated rings. The maximum atomic E-state index is 11.1. The smallest absolute Gasteiger partial charge is 0.219 e. The summed E-state index contributed by atoms with van der Waals surface area (Å²) in [6, 6.07) is 9.60. The van der Waals surface area contributed by atoms with Gasteiger partial charge in [-0.05, 0) is 29.3 Å². The summed E-state index contributed by atoms with van der Waals surface area (Å²) >= 11 is 0. The number of aromatic nitrogens is 2. The van der Waals surface area contributed by atoms with Gasteiger partial charge in [0.25, 0.3) is 0 Å². The van der Waals surface area contributed by atoms with Crippen LogP contribution < -0.4 is 5.01 Å². The number of anilines is 2. The number of nitro groups is 1. The van der Waals surface area contributed by atoms with Crippen molar-refractivity contribution >= 4 is 11.6 Å². The van der Waals surface area contributed by atoms with Crippen molar-refractivity contribution in [3.8, 4) is 6.07 Å². The van der Waals surface area contributed by atoms with E-state index in [1.807, 2.05) is 6.07 Å². The number of nitrogens with zero attached hydrogens (tertiary/aromatic N) is 5. The quantitative estimate of drug-likeness (QED) is 0.599. The molecule has 0 aromatic carbocycles. The van der Waals surface area contributed by atoms with Crippen molar-refractivity contribution in [1.29, 1.82) is 5.26 Å². The topological polar surface area (TPSA) is 96.0 Å². The van der Waals surface area contributed by atoms with E-state index in [9.17, 15) is 10.1 Å². The van der Waals surface area contributed by atoms with Crippen molar-refractivity contribution in [2.24, 2.45) is 0 Å². The molecule has 0 aliphatic carbocycles. The second-order valence-electron chi connectivity index (χ2n) is 3.22. The van der Waals surface area contributed by atoms with Gasteiger partial charge in [-0.25, -0.2) is 20.1 Å². The van der Waals surface area contributed by atoms with E-state index in [2.05, 4.69) is 9.97 Å². The molecular formula is C11H7N5O2. The fourth-order valence-corrected chi connectivity index (χ4v) is 1.40. The first-order valence-corrected chi connectivity index (χ1v) is 4.94. The van der Waals surface area contributed by atoms with E-state index >= 15 is 0 Å². The molecule has 0 saturated heterocycles. The van der Waals surface area contributed by atoms with Crippen molar-refractivity contribution < 1.29 is 5.03 Å². The molecule has 88 valence electrons. The number of pyridine rings is 2. The van der Waals surface area contributed by atoms with Crippen molar-refractivity contribution in [3.05, 3.63) is 58.4 Å². The van der Waals surface area contributed by atoms with Gasteiger partial charge in [0, 0.05) is 12.4 Å². The van der Waals surface area contributed by atoms with Gasteiger partial charge in [0.1, 0.15) is 11.6 Å². The molecule has 2 heterocycles. The molecule has 7 nitrogen and oxygen atoms in total. The number of hydrogen-bond acceptors (Lipinski definition) is 5. The van der Waals surface area contributed by atoms with Crippen LogP contribution in [-0.2, 0) is 0 Å². The Labute approximate surface area is 102 Å². The van der Waals surface area contributed by atoms with Gasteiger partial charge in [-0.2, -0.15) is 5.26 Å². The minimum absolute atomic E-state index is 0.0521. The minimum Gasteiger partial charge on any atom is -0.234 e. The molecule has 0 spiro atoms. The maximum Gasteiger partial charge on any atom is 0.219 e. The van der Waals surface area contributed by atoms with Gasteiger partial charge < -0.3 is 0 Å². The molecule has 2 aromatic heterocycles. The Balaban J connectivity index is 2.57. The van der Waals surface area contributed by atoms with E-state index in [-0.39, 0.29) is 17.2 Å². The summed E-state index contributed by atoms with van der Waals surface area (Å²) in [6.07, 6.45) is 2.82. The Hall–Kier alpha value is -3.01. The lowest BCUT2D eigenvalue weighted by Crippen LogP contribution is -2.26. The summed E-state index contributed by atoms with van der Waals surface area (Å²) in [4.78, 5) is 18.9. The predicted octanol–water partition coefficient (Wildman–Crippen LogP) is 1.68. The molecule has 0 amide bonds. The fourth-order valence-electron chi connectivity index (χ4n) is 1.40. The normalized spacial score (nSPS) is 9.50. The van der Waals surface area contributed by atoms with Crippen LogP contribution in [0.4, 0.5) is 11.6 Å². The Morgan fingerprint density at radius 2 is 2.00 bits per heavy atom. The monoisotopic (exact) mass is 241 g/mol. The first kappa shape index (κ1) is 11.5. The molecule has 0 saturated carbocycles. The molecule has 0 radical (unpaired) electrons. The van der Waals surface area contributed by atoms with E-state index < -0.39 is 5.03 Å². The molecule has 18 heavy (non-hydrogen) atoms. The van der Waals surface area contributed by atoms with Gasteiger partial charge in [0.05, 0.1) is 0 Å². The lowest BCUT2D eigenvalue weighted by atomic mass is 10.3. The maximum absolute atomic E-state index is 11.1. The van der Waals surface area contributed by atoms with Crippen molar-refractivity contribution in [2.45, 2.75) is 0 Å². The highest BCUT2D eigenvalue weighted by Crippen LogP contribution is 2.23. The van der Waals surface area contributed by atoms with Crippen LogP contribution in [0.5, 0.6) is 0 Å². The molecule has 0 aliphatic heterocycles. The molecule has 0 atom stereocenters. The Morgan fingerprint density at radius 1 is 1.22 bits per heavy atom. The molecule has 2 rings (SSSR count). The number of nitriles is 1. The van der Waals surface area contributed by atoms with Gasteiger partial charge in [0.2, 0.25) is 11.6 Å². The number of rotatable bonds is 3. The van der Waals surface area contributed by atoms with Gasteiger partial charge in [-0.3, -0.25) is 0 Å². The van der Waals surface area contributed by atoms with Gasteiger partial charge in [-0.1, -0.05) is 6.07 Å². The first-order chi connectivity index (χ1) is 8.74. The summed E-state index contributed by atoms with van der Waals surface area (Å²) < 4.78 is 0. The van der Waals surface area contributed by atoms with Crippen LogP contribution in [-0.4, -0.2) is 15.0 Å². The minimum atomic E-state index is -0.661. The van der Waals surface area contributed by atoms with Crippen molar-refractivity contribution in [2.75, 3.05) is 5.01 Å². The molecule has 0 bridgehead atoms. The molecular weight excluding hydrogens is 234 g/mol. The molecule has 0 aliphatic rings. The Bertz CT molecular complexity index is 608. The van der Waals surface area contributed by atoms with Crippen LogP contribution in [0.2, 0.25) is 0 Å². The summed E-state index contributed by atoms with van der Waals surface area (Å²) in [7, 11) is 0. The van der Waals surface area contributed by atoms with E-state index in [4.69, 9.17) is 5.26 Å². The summed E-state index contributed by atoms with van der Waals surface area (Å²) in [6.45, 7) is 0. The van der Waals surface area contributed by atoms with Crippen molar-refractivity contribution in [1.82, 2.24) is 9.97 Å². The van der Waals surface area contributed by atoms with Crippen LogP contribution in [0.3, 0.4) is 0 Å². The molecule has 0 unspecified atom stereocenters. The highest BCUT2D eigenvalue weighted by molar-refractivity contribution is 5.59. The first-order valence-electron chi connectivity index (χ1n) is 4.94. The van der Waals surface area contributed by atoms with Gasteiger partial charge in [-0.15, -0.1) is 0 Å². The standard InChI is InChI=1S/C11H7N5O2/c12-8-9-4-3-7-14-11(9)15(16(17)18)10-5-1-2-6-13-10/h1-7H. The molecule has 2 aromatic rings. The predicted molar refractivity (Wildman–Crippen MR) is 62.3 cm³/mol. The third kappa shape index (κ3) is 2.08. The number of hydrogen-bond donors (Lipinski definition) is 0. The highest BCUT2D eigenvalue weighted by atomic mass is 16.7. The molecule has 0 N–H and O–H groups in total. The van der Waals surface area contributed by atoms with Crippen LogP contribution in [0.15, 0.2) is 42.7 Å². The van der Waals surface area contributed by atoms with E-state index in [0.717, 1.165) is 0 Å². The second kappa shape index (κ2) is 4.88. The van der Waals surface area contributed by atoms with Gasteiger partial charge in [0.15, 0.2) is 5.03 Å². The largest absolute Gasteiger partial charge is 0.234 e. The summed E-state index contributed by atoms with van der Waals surface area (Å²) in [5.41, 5.74) is 0.111. The highest BCUT2D eigenvalue weighted by Gasteiger charge is 2.25. The SMILES string of the molecule is N#Cc1cccnc1N(c1ccccn1)[N+](=O)[O-]. The zero-order chi connectivity index (χ0) is 13.0. The van der Waals surface area contributed by atoms with Crippen LogP contribution in [0.1, 0.15) is 5.56 Å². The lowest BCUT2D eigenvalue weighted by molar-refractivity contribution is -0.484. The fraction of sp³-hybridized carbons (Fsp3) is 0. The van der Waals surface area contributed by atoms with E-state index in [1.54, 1.807) is 18.2 Å². The Kier molecular flexibility index (Phi) is 3.11. The summed E-state index contributed by atoms with van der Waals surface area (Å²) in [5, 5.41) is 20.1. The summed E-state index contributed by atoms with van der Waals surface area (Å²) in [5.74, 6) is 0.0430. The third-order valence-electron chi connectivity index (χ3n) is 2.14. The van der Waals surface area contributed by atoms with E-state index in [1.165, 1.54) is 24.5 Å². The van der Waals surface area contributed by atoms with Crippen LogP contribution in [0, 0.1) is 21.4 Å². The number of hydrazine groups is 1. The zero-order valence-corrected chi connectivity index (χ0v) is 9.09. The second-order valence-corrected chi connectivity index (χ2v) is 3.22.